The summed E-state index contributed by atoms with van der Waals surface area (Å²) in [5, 5.41) is 5.80. The van der Waals surface area contributed by atoms with Crippen molar-refractivity contribution in [1.82, 2.24) is 20.4 Å². The Bertz CT molecular complexity index is 843. The molecule has 3 saturated heterocycles. The molecule has 0 unspecified atom stereocenters. The van der Waals surface area contributed by atoms with Gasteiger partial charge >= 0.3 is 6.03 Å². The van der Waals surface area contributed by atoms with Crippen LogP contribution in [0, 0.1) is 5.92 Å². The van der Waals surface area contributed by atoms with Crippen LogP contribution in [0.5, 0.6) is 5.75 Å². The quantitative estimate of drug-likeness (QED) is 0.603. The van der Waals surface area contributed by atoms with E-state index in [1.807, 2.05) is 18.2 Å². The molecule has 4 rings (SSSR count). The number of ether oxygens (including phenoxy) is 1. The largest absolute Gasteiger partial charge is 0.496 e. The van der Waals surface area contributed by atoms with Crippen molar-refractivity contribution in [3.8, 4) is 5.75 Å². The van der Waals surface area contributed by atoms with Gasteiger partial charge in [0.15, 0.2) is 0 Å². The Labute approximate surface area is 189 Å². The summed E-state index contributed by atoms with van der Waals surface area (Å²) in [5.41, 5.74) is 0.765. The molecular formula is C24H34N4O4. The summed E-state index contributed by atoms with van der Waals surface area (Å²) < 4.78 is 5.32. The average Bonchev–Trinajstić information content (AvgIpc) is 3.09. The third kappa shape index (κ3) is 5.06. The van der Waals surface area contributed by atoms with E-state index in [1.54, 1.807) is 13.2 Å². The molecule has 0 aromatic heterocycles. The second kappa shape index (κ2) is 10.3. The van der Waals surface area contributed by atoms with Gasteiger partial charge in [-0.2, -0.15) is 0 Å². The second-order valence-corrected chi connectivity index (χ2v) is 9.08. The number of benzene rings is 1. The van der Waals surface area contributed by atoms with Crippen LogP contribution in [-0.2, 0) is 16.1 Å². The highest BCUT2D eigenvalue weighted by Crippen LogP contribution is 2.30. The molecule has 0 radical (unpaired) electrons. The fourth-order valence-electron chi connectivity index (χ4n) is 5.35. The van der Waals surface area contributed by atoms with Crippen LogP contribution >= 0.6 is 0 Å². The smallest absolute Gasteiger partial charge is 0.325 e. The Morgan fingerprint density at radius 1 is 1.16 bits per heavy atom. The lowest BCUT2D eigenvalue weighted by Crippen LogP contribution is -2.51. The lowest BCUT2D eigenvalue weighted by Gasteiger charge is -2.44. The molecule has 174 valence electrons. The minimum atomic E-state index is -0.661. The predicted octanol–water partition coefficient (Wildman–Crippen LogP) is 2.28. The summed E-state index contributed by atoms with van der Waals surface area (Å²) in [6.07, 6.45) is 6.67. The van der Waals surface area contributed by atoms with Crippen molar-refractivity contribution in [2.24, 2.45) is 5.92 Å². The van der Waals surface area contributed by atoms with Crippen molar-refractivity contribution in [2.45, 2.75) is 63.6 Å². The summed E-state index contributed by atoms with van der Waals surface area (Å²) in [6.45, 7) is 3.22. The first-order valence-electron chi connectivity index (χ1n) is 11.8. The zero-order valence-electron chi connectivity index (χ0n) is 18.8. The molecule has 0 bridgehead atoms. The van der Waals surface area contributed by atoms with Crippen LogP contribution in [-0.4, -0.2) is 66.5 Å². The van der Waals surface area contributed by atoms with E-state index in [1.165, 1.54) is 43.7 Å². The fraction of sp³-hybridized carbons (Fsp3) is 0.625. The highest BCUT2D eigenvalue weighted by atomic mass is 16.5. The van der Waals surface area contributed by atoms with Gasteiger partial charge in [0.2, 0.25) is 5.91 Å². The van der Waals surface area contributed by atoms with E-state index < -0.39 is 12.1 Å². The van der Waals surface area contributed by atoms with Crippen molar-refractivity contribution < 1.29 is 19.1 Å². The molecule has 0 spiro atoms. The van der Waals surface area contributed by atoms with Crippen LogP contribution in [0.25, 0.3) is 0 Å². The van der Waals surface area contributed by atoms with Gasteiger partial charge < -0.3 is 20.3 Å². The van der Waals surface area contributed by atoms with Gasteiger partial charge in [0.1, 0.15) is 11.8 Å². The number of nitrogens with one attached hydrogen (secondary N) is 2. The van der Waals surface area contributed by atoms with Crippen LogP contribution in [0.2, 0.25) is 0 Å². The molecule has 3 aliphatic rings. The van der Waals surface area contributed by atoms with E-state index in [-0.39, 0.29) is 24.8 Å². The van der Waals surface area contributed by atoms with Gasteiger partial charge in [-0.3, -0.25) is 14.5 Å². The third-order valence-corrected chi connectivity index (χ3v) is 7.08. The Morgan fingerprint density at radius 2 is 1.97 bits per heavy atom. The van der Waals surface area contributed by atoms with Crippen molar-refractivity contribution >= 4 is 17.8 Å². The predicted molar refractivity (Wildman–Crippen MR) is 120 cm³/mol. The first-order chi connectivity index (χ1) is 15.6. The zero-order valence-corrected chi connectivity index (χ0v) is 18.8. The molecule has 8 nitrogen and oxygen atoms in total. The van der Waals surface area contributed by atoms with Crippen LogP contribution in [0.3, 0.4) is 0 Å². The summed E-state index contributed by atoms with van der Waals surface area (Å²) in [7, 11) is 1.56. The molecule has 0 aliphatic carbocycles. The Balaban J connectivity index is 1.24. The van der Waals surface area contributed by atoms with Crippen molar-refractivity contribution in [2.75, 3.05) is 26.7 Å². The molecule has 2 N–H and O–H groups in total. The van der Waals surface area contributed by atoms with Crippen LogP contribution in [0.1, 0.15) is 50.5 Å². The topological polar surface area (TPSA) is 91.0 Å². The molecular weight excluding hydrogens is 408 g/mol. The number of hydrogen-bond donors (Lipinski definition) is 2. The summed E-state index contributed by atoms with van der Waals surface area (Å²) >= 11 is 0. The number of methoxy groups -OCH3 is 1. The standard InChI is InChI=1S/C24H34N4O4/c1-32-21-10-3-2-7-18(21)16-28-23(30)19(26-24(28)31)11-12-22(29)25-15-17-8-6-14-27-13-5-4-9-20(17)27/h2-3,7,10,17,19-20H,4-6,8-9,11-16H2,1H3,(H,25,29)(H,26,31)/t17-,19-,20+/m0/s1. The van der Waals surface area contributed by atoms with E-state index in [2.05, 4.69) is 15.5 Å². The highest BCUT2D eigenvalue weighted by Gasteiger charge is 2.38. The first kappa shape index (κ1) is 22.6. The number of fused-ring (bicyclic) bond motifs is 1. The van der Waals surface area contributed by atoms with Crippen LogP contribution < -0.4 is 15.4 Å². The number of amides is 4. The number of urea groups is 1. The molecule has 3 aliphatic heterocycles. The Hall–Kier alpha value is -2.61. The minimum absolute atomic E-state index is 0.0526. The Kier molecular flexibility index (Phi) is 7.29. The molecule has 1 aromatic carbocycles. The summed E-state index contributed by atoms with van der Waals surface area (Å²) in [5.74, 6) is 0.800. The Morgan fingerprint density at radius 3 is 2.81 bits per heavy atom. The average molecular weight is 443 g/mol. The van der Waals surface area contributed by atoms with E-state index in [4.69, 9.17) is 4.74 Å². The van der Waals surface area contributed by atoms with Gasteiger partial charge in [0.25, 0.3) is 5.91 Å². The highest BCUT2D eigenvalue weighted by molar-refractivity contribution is 6.04. The van der Waals surface area contributed by atoms with Crippen molar-refractivity contribution in [3.05, 3.63) is 29.8 Å². The molecule has 3 atom stereocenters. The zero-order chi connectivity index (χ0) is 22.5. The molecule has 0 saturated carbocycles. The second-order valence-electron chi connectivity index (χ2n) is 9.08. The number of nitrogens with zero attached hydrogens (tertiary/aromatic N) is 2. The lowest BCUT2D eigenvalue weighted by atomic mass is 9.83. The maximum absolute atomic E-state index is 12.8. The number of imide groups is 1. The molecule has 32 heavy (non-hydrogen) atoms. The minimum Gasteiger partial charge on any atom is -0.496 e. The lowest BCUT2D eigenvalue weighted by molar-refractivity contribution is -0.128. The fourth-order valence-corrected chi connectivity index (χ4v) is 5.35. The SMILES string of the molecule is COc1ccccc1CN1C(=O)N[C@@H](CCC(=O)NC[C@@H]2CCCN3CCCC[C@H]23)C1=O. The normalized spacial score (nSPS) is 25.9. The van der Waals surface area contributed by atoms with Gasteiger partial charge in [0, 0.05) is 24.6 Å². The molecule has 3 fully saturated rings. The van der Waals surface area contributed by atoms with Crippen LogP contribution in [0.4, 0.5) is 4.79 Å². The van der Waals surface area contributed by atoms with Crippen molar-refractivity contribution in [1.29, 1.82) is 0 Å². The van der Waals surface area contributed by atoms with Crippen LogP contribution in [0.15, 0.2) is 24.3 Å². The van der Waals surface area contributed by atoms with Crippen molar-refractivity contribution in [3.63, 3.8) is 0 Å². The summed E-state index contributed by atoms with van der Waals surface area (Å²) in [4.78, 5) is 41.4. The number of piperidine rings is 2. The van der Waals surface area contributed by atoms with E-state index >= 15 is 0 Å². The third-order valence-electron chi connectivity index (χ3n) is 7.08. The summed E-state index contributed by atoms with van der Waals surface area (Å²) in [6, 6.07) is 6.83. The molecule has 4 amide bonds. The van der Waals surface area contributed by atoms with E-state index in [9.17, 15) is 14.4 Å². The van der Waals surface area contributed by atoms with Gasteiger partial charge in [-0.1, -0.05) is 24.6 Å². The number of carbonyl (C=O) groups is 3. The monoisotopic (exact) mass is 442 g/mol. The first-order valence-corrected chi connectivity index (χ1v) is 11.8. The van der Waals surface area contributed by atoms with Gasteiger partial charge in [-0.05, 0) is 57.2 Å². The number of para-hydroxylation sites is 1. The number of hydrogen-bond acceptors (Lipinski definition) is 5. The molecule has 1 aromatic rings. The van der Waals surface area contributed by atoms with Gasteiger partial charge in [0.05, 0.1) is 13.7 Å². The van der Waals surface area contributed by atoms with E-state index in [0.29, 0.717) is 30.7 Å². The molecule has 3 heterocycles. The van der Waals surface area contributed by atoms with E-state index in [0.717, 1.165) is 12.0 Å². The molecule has 8 heteroatoms. The van der Waals surface area contributed by atoms with Gasteiger partial charge in [-0.25, -0.2) is 4.79 Å². The number of rotatable bonds is 8. The maximum Gasteiger partial charge on any atom is 0.325 e. The van der Waals surface area contributed by atoms with Gasteiger partial charge in [-0.15, -0.1) is 0 Å². The maximum atomic E-state index is 12.8. The number of carbonyl (C=O) groups excluding carboxylic acids is 3.